The molecule has 1 aromatic heterocycles. The maximum absolute atomic E-state index is 12.4. The van der Waals surface area contributed by atoms with Gasteiger partial charge in [-0.15, -0.1) is 0 Å². The van der Waals surface area contributed by atoms with Crippen molar-refractivity contribution < 1.29 is 13.9 Å². The number of amides is 1. The quantitative estimate of drug-likeness (QED) is 0.714. The Kier molecular flexibility index (Phi) is 3.16. The van der Waals surface area contributed by atoms with Crippen molar-refractivity contribution in [1.29, 1.82) is 0 Å². The molecule has 0 radical (unpaired) electrons. The van der Waals surface area contributed by atoms with Crippen LogP contribution in [0.5, 0.6) is 11.5 Å². The zero-order valence-electron chi connectivity index (χ0n) is 12.0. The third-order valence-electron chi connectivity index (χ3n) is 3.45. The van der Waals surface area contributed by atoms with Gasteiger partial charge in [0.25, 0.3) is 5.91 Å². The lowest BCUT2D eigenvalue weighted by molar-refractivity contribution is 0.102. The van der Waals surface area contributed by atoms with Crippen LogP contribution in [0.4, 0.5) is 11.4 Å². The Balaban J connectivity index is 1.69. The largest absolute Gasteiger partial charge is 0.463 e. The van der Waals surface area contributed by atoms with Gasteiger partial charge in [-0.3, -0.25) is 9.79 Å². The molecule has 0 atom stereocenters. The van der Waals surface area contributed by atoms with Crippen LogP contribution in [0.1, 0.15) is 16.1 Å². The third kappa shape index (κ3) is 2.60. The molecule has 1 N–H and O–H groups in total. The van der Waals surface area contributed by atoms with Gasteiger partial charge in [-0.1, -0.05) is 12.1 Å². The summed E-state index contributed by atoms with van der Waals surface area (Å²) in [4.78, 5) is 16.7. The van der Waals surface area contributed by atoms with E-state index in [1.807, 2.05) is 18.2 Å². The van der Waals surface area contributed by atoms with Crippen molar-refractivity contribution in [2.24, 2.45) is 4.99 Å². The average Bonchev–Trinajstić information content (AvgIpc) is 3.04. The fraction of sp³-hybridized carbons (Fsp3) is 0. The Morgan fingerprint density at radius 1 is 1.00 bits per heavy atom. The average molecular weight is 304 g/mol. The predicted octanol–water partition coefficient (Wildman–Crippen LogP) is 4.39. The van der Waals surface area contributed by atoms with Crippen LogP contribution in [0.25, 0.3) is 0 Å². The van der Waals surface area contributed by atoms with Gasteiger partial charge >= 0.3 is 0 Å². The second-order valence-electron chi connectivity index (χ2n) is 5.01. The molecule has 0 aliphatic carbocycles. The lowest BCUT2D eigenvalue weighted by Crippen LogP contribution is -2.10. The molecule has 2 heterocycles. The number of para-hydroxylation sites is 2. The number of carbonyl (C=O) groups excluding carboxylic acids is 1. The Bertz CT molecular complexity index is 898. The molecule has 5 nitrogen and oxygen atoms in total. The molecule has 4 rings (SSSR count). The van der Waals surface area contributed by atoms with Crippen LogP contribution >= 0.6 is 0 Å². The van der Waals surface area contributed by atoms with Crippen molar-refractivity contribution in [2.75, 3.05) is 5.32 Å². The molecule has 1 aliphatic rings. The van der Waals surface area contributed by atoms with Crippen LogP contribution in [-0.2, 0) is 0 Å². The van der Waals surface area contributed by atoms with Crippen molar-refractivity contribution in [2.45, 2.75) is 0 Å². The SMILES string of the molecule is O=C1Nc2ccccc2Oc2ccc(N=Cc3ccco3)cc21. The number of ether oxygens (including phenoxy) is 1. The van der Waals surface area contributed by atoms with E-state index in [1.165, 1.54) is 0 Å². The summed E-state index contributed by atoms with van der Waals surface area (Å²) in [6.07, 6.45) is 3.18. The summed E-state index contributed by atoms with van der Waals surface area (Å²) in [6.45, 7) is 0. The van der Waals surface area contributed by atoms with Gasteiger partial charge in [0.05, 0.1) is 29.4 Å². The summed E-state index contributed by atoms with van der Waals surface area (Å²) in [5.41, 5.74) is 1.73. The molecule has 0 spiro atoms. The van der Waals surface area contributed by atoms with E-state index < -0.39 is 0 Å². The van der Waals surface area contributed by atoms with Crippen molar-refractivity contribution in [3.05, 3.63) is 72.2 Å². The van der Waals surface area contributed by atoms with Gasteiger partial charge in [-0.2, -0.15) is 0 Å². The lowest BCUT2D eigenvalue weighted by atomic mass is 10.1. The Hall–Kier alpha value is -3.34. The van der Waals surface area contributed by atoms with E-state index >= 15 is 0 Å². The molecule has 0 saturated heterocycles. The normalized spacial score (nSPS) is 13.0. The standard InChI is InChI=1S/C18H12N2O3/c21-18-14-10-12(19-11-13-4-3-9-22-13)7-8-16(14)23-17-6-2-1-5-15(17)20-18/h1-11H,(H,20,21). The molecular formula is C18H12N2O3. The smallest absolute Gasteiger partial charge is 0.259 e. The minimum atomic E-state index is -0.222. The number of benzene rings is 2. The van der Waals surface area contributed by atoms with Gasteiger partial charge in [0.15, 0.2) is 5.75 Å². The van der Waals surface area contributed by atoms with Crippen LogP contribution < -0.4 is 10.1 Å². The molecule has 1 aliphatic heterocycles. The van der Waals surface area contributed by atoms with Crippen molar-refractivity contribution in [3.8, 4) is 11.5 Å². The number of hydrogen-bond acceptors (Lipinski definition) is 4. The van der Waals surface area contributed by atoms with Crippen LogP contribution in [0, 0.1) is 0 Å². The number of rotatable bonds is 2. The van der Waals surface area contributed by atoms with Gasteiger partial charge in [0.2, 0.25) is 0 Å². The van der Waals surface area contributed by atoms with Crippen LogP contribution in [0.3, 0.4) is 0 Å². The Morgan fingerprint density at radius 3 is 2.78 bits per heavy atom. The number of furan rings is 1. The summed E-state index contributed by atoms with van der Waals surface area (Å²) in [5, 5.41) is 2.84. The van der Waals surface area contributed by atoms with Crippen LogP contribution in [-0.4, -0.2) is 12.1 Å². The molecule has 0 unspecified atom stereocenters. The number of aliphatic imine (C=N–C) groups is 1. The Labute approximate surface area is 132 Å². The summed E-state index contributed by atoms with van der Waals surface area (Å²) in [5.74, 6) is 1.55. The molecule has 0 fully saturated rings. The lowest BCUT2D eigenvalue weighted by Gasteiger charge is -2.07. The molecule has 2 aromatic carbocycles. The van der Waals surface area contributed by atoms with E-state index in [0.717, 1.165) is 0 Å². The van der Waals surface area contributed by atoms with Gasteiger partial charge in [0.1, 0.15) is 11.5 Å². The number of anilines is 1. The maximum Gasteiger partial charge on any atom is 0.259 e. The van der Waals surface area contributed by atoms with Gasteiger partial charge in [-0.25, -0.2) is 0 Å². The minimum Gasteiger partial charge on any atom is -0.463 e. The highest BCUT2D eigenvalue weighted by molar-refractivity contribution is 6.08. The molecule has 23 heavy (non-hydrogen) atoms. The van der Waals surface area contributed by atoms with Gasteiger partial charge in [0, 0.05) is 0 Å². The molecular weight excluding hydrogens is 292 g/mol. The zero-order valence-corrected chi connectivity index (χ0v) is 12.0. The van der Waals surface area contributed by atoms with E-state index in [1.54, 1.807) is 48.9 Å². The minimum absolute atomic E-state index is 0.222. The van der Waals surface area contributed by atoms with E-state index in [4.69, 9.17) is 9.15 Å². The molecule has 5 heteroatoms. The van der Waals surface area contributed by atoms with Gasteiger partial charge < -0.3 is 14.5 Å². The van der Waals surface area contributed by atoms with E-state index in [0.29, 0.717) is 34.2 Å². The first-order valence-corrected chi connectivity index (χ1v) is 7.09. The third-order valence-corrected chi connectivity index (χ3v) is 3.45. The zero-order chi connectivity index (χ0) is 15.6. The fourth-order valence-electron chi connectivity index (χ4n) is 2.33. The van der Waals surface area contributed by atoms with Crippen LogP contribution in [0.2, 0.25) is 0 Å². The van der Waals surface area contributed by atoms with Crippen molar-refractivity contribution in [1.82, 2.24) is 0 Å². The maximum atomic E-state index is 12.4. The van der Waals surface area contributed by atoms with E-state index in [2.05, 4.69) is 10.3 Å². The first kappa shape index (κ1) is 13.3. The van der Waals surface area contributed by atoms with Crippen molar-refractivity contribution in [3.63, 3.8) is 0 Å². The second-order valence-corrected chi connectivity index (χ2v) is 5.01. The van der Waals surface area contributed by atoms with Crippen LogP contribution in [0.15, 0.2) is 70.3 Å². The highest BCUT2D eigenvalue weighted by Crippen LogP contribution is 2.36. The highest BCUT2D eigenvalue weighted by Gasteiger charge is 2.20. The monoisotopic (exact) mass is 304 g/mol. The molecule has 0 saturated carbocycles. The summed E-state index contributed by atoms with van der Waals surface area (Å²) < 4.78 is 11.0. The molecule has 3 aromatic rings. The van der Waals surface area contributed by atoms with Crippen molar-refractivity contribution >= 4 is 23.5 Å². The first-order chi connectivity index (χ1) is 11.3. The number of nitrogens with one attached hydrogen (secondary N) is 1. The fourth-order valence-corrected chi connectivity index (χ4v) is 2.33. The second kappa shape index (κ2) is 5.46. The molecule has 1 amide bonds. The number of hydrogen-bond donors (Lipinski definition) is 1. The summed E-state index contributed by atoms with van der Waals surface area (Å²) >= 11 is 0. The van der Waals surface area contributed by atoms with Gasteiger partial charge in [-0.05, 0) is 42.5 Å². The number of carbonyl (C=O) groups is 1. The highest BCUT2D eigenvalue weighted by atomic mass is 16.5. The van der Waals surface area contributed by atoms with E-state index in [-0.39, 0.29) is 5.91 Å². The predicted molar refractivity (Wildman–Crippen MR) is 86.9 cm³/mol. The number of fused-ring (bicyclic) bond motifs is 2. The van der Waals surface area contributed by atoms with E-state index in [9.17, 15) is 4.79 Å². The Morgan fingerprint density at radius 2 is 1.91 bits per heavy atom. The summed E-state index contributed by atoms with van der Waals surface area (Å²) in [6, 6.07) is 16.1. The summed E-state index contributed by atoms with van der Waals surface area (Å²) in [7, 11) is 0. The molecule has 112 valence electrons. The topological polar surface area (TPSA) is 63.8 Å². The number of nitrogens with zero attached hydrogens (tertiary/aromatic N) is 1. The first-order valence-electron chi connectivity index (χ1n) is 7.09. The molecule has 0 bridgehead atoms.